The number of pyridine rings is 1. The average molecular weight is 264 g/mol. The van der Waals surface area contributed by atoms with Gasteiger partial charge in [-0.15, -0.1) is 0 Å². The van der Waals surface area contributed by atoms with Gasteiger partial charge in [0, 0.05) is 18.5 Å². The van der Waals surface area contributed by atoms with Gasteiger partial charge in [0.25, 0.3) is 0 Å². The molecule has 5 nitrogen and oxygen atoms in total. The number of anilines is 1. The molecule has 0 spiro atoms. The molecule has 0 radical (unpaired) electrons. The van der Waals surface area contributed by atoms with E-state index in [1.54, 1.807) is 24.3 Å². The fourth-order valence-corrected chi connectivity index (χ4v) is 2.01. The van der Waals surface area contributed by atoms with Gasteiger partial charge in [-0.3, -0.25) is 0 Å². The van der Waals surface area contributed by atoms with E-state index in [0.717, 1.165) is 6.26 Å². The Kier molecular flexibility index (Phi) is 3.20. The normalized spacial score (nSPS) is 11.2. The first-order chi connectivity index (χ1) is 8.45. The summed E-state index contributed by atoms with van der Waals surface area (Å²) in [4.78, 5) is 4.10. The second kappa shape index (κ2) is 4.66. The van der Waals surface area contributed by atoms with E-state index in [1.807, 2.05) is 0 Å². The zero-order chi connectivity index (χ0) is 13.2. The molecule has 0 bridgehead atoms. The molecule has 0 unspecified atom stereocenters. The quantitative estimate of drug-likeness (QED) is 0.915. The average Bonchev–Trinajstić information content (AvgIpc) is 2.28. The minimum Gasteiger partial charge on any atom is -0.457 e. The zero-order valence-corrected chi connectivity index (χ0v) is 10.5. The Hall–Kier alpha value is -2.08. The van der Waals surface area contributed by atoms with Gasteiger partial charge in [-0.25, -0.2) is 13.4 Å². The van der Waals surface area contributed by atoms with Crippen molar-refractivity contribution in [1.82, 2.24) is 4.98 Å². The summed E-state index contributed by atoms with van der Waals surface area (Å²) in [5.41, 5.74) is 5.52. The summed E-state index contributed by atoms with van der Waals surface area (Å²) in [5, 5.41) is 0. The summed E-state index contributed by atoms with van der Waals surface area (Å²) < 4.78 is 28.1. The summed E-state index contributed by atoms with van der Waals surface area (Å²) in [7, 11) is -3.18. The number of rotatable bonds is 3. The van der Waals surface area contributed by atoms with Gasteiger partial charge >= 0.3 is 0 Å². The molecule has 0 amide bonds. The van der Waals surface area contributed by atoms with E-state index in [0.29, 0.717) is 17.3 Å². The number of nitrogens with two attached hydrogens (primary N) is 1. The molecule has 1 aromatic heterocycles. The molecule has 2 aromatic rings. The minimum absolute atomic E-state index is 0.254. The molecule has 1 heterocycles. The lowest BCUT2D eigenvalue weighted by Gasteiger charge is -2.06. The minimum atomic E-state index is -3.18. The molecule has 0 aliphatic heterocycles. The van der Waals surface area contributed by atoms with Crippen molar-refractivity contribution in [1.29, 1.82) is 0 Å². The van der Waals surface area contributed by atoms with Gasteiger partial charge in [0.15, 0.2) is 9.84 Å². The van der Waals surface area contributed by atoms with Crippen molar-refractivity contribution >= 4 is 15.7 Å². The van der Waals surface area contributed by atoms with Crippen LogP contribution >= 0.6 is 0 Å². The monoisotopic (exact) mass is 264 g/mol. The molecule has 18 heavy (non-hydrogen) atoms. The van der Waals surface area contributed by atoms with E-state index in [9.17, 15) is 8.42 Å². The Bertz CT molecular complexity index is 651. The molecular formula is C12H12N2O3S. The maximum atomic E-state index is 11.3. The van der Waals surface area contributed by atoms with Crippen LogP contribution in [-0.4, -0.2) is 19.7 Å². The van der Waals surface area contributed by atoms with Crippen molar-refractivity contribution in [2.24, 2.45) is 0 Å². The molecule has 1 aromatic carbocycles. The largest absolute Gasteiger partial charge is 0.457 e. The van der Waals surface area contributed by atoms with E-state index in [4.69, 9.17) is 10.5 Å². The number of benzene rings is 1. The Morgan fingerprint density at radius 3 is 2.33 bits per heavy atom. The fraction of sp³-hybridized carbons (Fsp3) is 0.0833. The molecule has 0 saturated carbocycles. The molecule has 0 aliphatic rings. The first-order valence-corrected chi connectivity index (χ1v) is 7.04. The molecule has 0 atom stereocenters. The predicted octanol–water partition coefficient (Wildman–Crippen LogP) is 1.86. The van der Waals surface area contributed by atoms with Gasteiger partial charge in [-0.05, 0) is 30.3 Å². The van der Waals surface area contributed by atoms with Crippen molar-refractivity contribution in [3.63, 3.8) is 0 Å². The van der Waals surface area contributed by atoms with Crippen molar-refractivity contribution < 1.29 is 13.2 Å². The van der Waals surface area contributed by atoms with Crippen LogP contribution in [0.3, 0.4) is 0 Å². The summed E-state index contributed by atoms with van der Waals surface area (Å²) in [5.74, 6) is 1.45. The number of nitrogen functional groups attached to an aromatic ring is 1. The van der Waals surface area contributed by atoms with Crippen LogP contribution in [0.15, 0.2) is 47.5 Å². The van der Waals surface area contributed by atoms with Crippen LogP contribution in [0.25, 0.3) is 0 Å². The lowest BCUT2D eigenvalue weighted by molar-refractivity contribution is 0.482. The van der Waals surface area contributed by atoms with Crippen LogP contribution in [0.2, 0.25) is 0 Å². The summed E-state index contributed by atoms with van der Waals surface area (Å²) in [6.07, 6.45) is 2.70. The first-order valence-electron chi connectivity index (χ1n) is 5.15. The first kappa shape index (κ1) is 12.4. The lowest BCUT2D eigenvalue weighted by atomic mass is 10.3. The molecular weight excluding hydrogens is 252 g/mol. The number of hydrogen-bond donors (Lipinski definition) is 1. The number of nitrogens with zero attached hydrogens (tertiary/aromatic N) is 1. The highest BCUT2D eigenvalue weighted by molar-refractivity contribution is 7.90. The van der Waals surface area contributed by atoms with Crippen LogP contribution in [0.5, 0.6) is 11.5 Å². The fourth-order valence-electron chi connectivity index (χ4n) is 1.38. The Balaban J connectivity index is 2.21. The number of hydrogen-bond acceptors (Lipinski definition) is 5. The summed E-state index contributed by atoms with van der Waals surface area (Å²) in [6.45, 7) is 0. The molecule has 0 fully saturated rings. The van der Waals surface area contributed by atoms with Crippen LogP contribution in [0.4, 0.5) is 5.82 Å². The molecule has 2 rings (SSSR count). The summed E-state index contributed by atoms with van der Waals surface area (Å²) >= 11 is 0. The van der Waals surface area contributed by atoms with Gasteiger partial charge in [0.2, 0.25) is 0 Å². The van der Waals surface area contributed by atoms with Crippen molar-refractivity contribution in [3.05, 3.63) is 42.6 Å². The van der Waals surface area contributed by atoms with E-state index in [1.165, 1.54) is 18.3 Å². The third-order valence-electron chi connectivity index (χ3n) is 2.24. The Morgan fingerprint density at radius 1 is 1.11 bits per heavy atom. The predicted molar refractivity (Wildman–Crippen MR) is 68.3 cm³/mol. The van der Waals surface area contributed by atoms with E-state index < -0.39 is 9.84 Å². The molecule has 2 N–H and O–H groups in total. The van der Waals surface area contributed by atoms with E-state index in [-0.39, 0.29) is 4.90 Å². The van der Waals surface area contributed by atoms with E-state index in [2.05, 4.69) is 4.98 Å². The highest BCUT2D eigenvalue weighted by Gasteiger charge is 2.06. The molecule has 0 aliphatic carbocycles. The maximum absolute atomic E-state index is 11.3. The van der Waals surface area contributed by atoms with Gasteiger partial charge in [0.1, 0.15) is 17.3 Å². The van der Waals surface area contributed by atoms with Gasteiger partial charge in [0.05, 0.1) is 4.90 Å². The highest BCUT2D eigenvalue weighted by Crippen LogP contribution is 2.23. The molecule has 94 valence electrons. The van der Waals surface area contributed by atoms with Crippen LogP contribution in [0.1, 0.15) is 0 Å². The van der Waals surface area contributed by atoms with Gasteiger partial charge in [-0.2, -0.15) is 0 Å². The molecule has 0 saturated heterocycles. The third kappa shape index (κ3) is 2.98. The van der Waals surface area contributed by atoms with Crippen LogP contribution < -0.4 is 10.5 Å². The summed E-state index contributed by atoms with van der Waals surface area (Å²) in [6, 6.07) is 9.43. The van der Waals surface area contributed by atoms with Crippen LogP contribution in [0, 0.1) is 0 Å². The lowest BCUT2D eigenvalue weighted by Crippen LogP contribution is -1.96. The SMILES string of the molecule is CS(=O)(=O)c1ccc(Oc2ccnc(N)c2)cc1. The topological polar surface area (TPSA) is 82.3 Å². The second-order valence-electron chi connectivity index (χ2n) is 3.76. The van der Waals surface area contributed by atoms with Crippen molar-refractivity contribution in [2.45, 2.75) is 4.90 Å². The van der Waals surface area contributed by atoms with E-state index >= 15 is 0 Å². The second-order valence-corrected chi connectivity index (χ2v) is 5.78. The standard InChI is InChI=1S/C12H12N2O3S/c1-18(15,16)11-4-2-9(3-5-11)17-10-6-7-14-12(13)8-10/h2-8H,1H3,(H2,13,14). The van der Waals surface area contributed by atoms with Crippen LogP contribution in [-0.2, 0) is 9.84 Å². The maximum Gasteiger partial charge on any atom is 0.175 e. The number of sulfone groups is 1. The molecule has 6 heteroatoms. The van der Waals surface area contributed by atoms with Crippen molar-refractivity contribution in [2.75, 3.05) is 12.0 Å². The van der Waals surface area contributed by atoms with Gasteiger partial charge < -0.3 is 10.5 Å². The Morgan fingerprint density at radius 2 is 1.78 bits per heavy atom. The third-order valence-corrected chi connectivity index (χ3v) is 3.37. The highest BCUT2D eigenvalue weighted by atomic mass is 32.2. The zero-order valence-electron chi connectivity index (χ0n) is 9.70. The smallest absolute Gasteiger partial charge is 0.175 e. The van der Waals surface area contributed by atoms with Gasteiger partial charge in [-0.1, -0.05) is 0 Å². The number of ether oxygens (including phenoxy) is 1. The number of aromatic nitrogens is 1. The Labute approximate surface area is 105 Å². The van der Waals surface area contributed by atoms with Crippen molar-refractivity contribution in [3.8, 4) is 11.5 Å².